The zero-order valence-corrected chi connectivity index (χ0v) is 12.3. The molecule has 0 aliphatic rings. The molecule has 0 radical (unpaired) electrons. The predicted octanol–water partition coefficient (Wildman–Crippen LogP) is 2.99. The molecule has 21 heavy (non-hydrogen) atoms. The van der Waals surface area contributed by atoms with Gasteiger partial charge in [0.1, 0.15) is 0 Å². The van der Waals surface area contributed by atoms with Crippen LogP contribution in [0.2, 0.25) is 5.02 Å². The Hall–Kier alpha value is -2.34. The molecule has 7 heteroatoms. The van der Waals surface area contributed by atoms with Gasteiger partial charge in [-0.3, -0.25) is 0 Å². The summed E-state index contributed by atoms with van der Waals surface area (Å²) in [6, 6.07) is 4.92. The molecule has 0 fully saturated rings. The summed E-state index contributed by atoms with van der Waals surface area (Å²) in [6.45, 7) is 3.69. The summed E-state index contributed by atoms with van der Waals surface area (Å²) in [6.07, 6.45) is 1.36. The number of halogens is 1. The summed E-state index contributed by atoms with van der Waals surface area (Å²) in [7, 11) is 0. The lowest BCUT2D eigenvalue weighted by Gasteiger charge is -2.09. The van der Waals surface area contributed by atoms with E-state index in [1.807, 2.05) is 0 Å². The second-order valence-electron chi connectivity index (χ2n) is 4.16. The van der Waals surface area contributed by atoms with Gasteiger partial charge in [0, 0.05) is 17.3 Å². The van der Waals surface area contributed by atoms with Gasteiger partial charge in [-0.15, -0.1) is 0 Å². The molecule has 0 atom stereocenters. The van der Waals surface area contributed by atoms with Crippen LogP contribution < -0.4 is 10.5 Å². The predicted molar refractivity (Wildman–Crippen MR) is 78.7 cm³/mol. The first-order chi connectivity index (χ1) is 10.0. The quantitative estimate of drug-likeness (QED) is 0.690. The highest BCUT2D eigenvalue weighted by atomic mass is 35.5. The first-order valence-corrected chi connectivity index (χ1v) is 6.62. The molecule has 110 valence electrons. The van der Waals surface area contributed by atoms with E-state index in [9.17, 15) is 4.79 Å². The molecular weight excluding hydrogens is 294 g/mol. The normalized spacial score (nSPS) is 10.2. The minimum absolute atomic E-state index is 0.0783. The summed E-state index contributed by atoms with van der Waals surface area (Å²) in [5, 5.41) is 0.485. The molecule has 6 nitrogen and oxygen atoms in total. The number of nitrogen functional groups attached to an aromatic ring is 1. The van der Waals surface area contributed by atoms with Crippen LogP contribution in [0, 0.1) is 6.92 Å². The number of nitrogens with zero attached hydrogens (tertiary/aromatic N) is 2. The SMILES string of the molecule is CCOC(=O)c1cnc(Oc2cc(Cl)ccc2N)nc1C. The first kappa shape index (κ1) is 15.1. The number of carbonyl (C=O) groups excluding carboxylic acids is 1. The summed E-state index contributed by atoms with van der Waals surface area (Å²) >= 11 is 5.88. The van der Waals surface area contributed by atoms with E-state index in [-0.39, 0.29) is 12.6 Å². The van der Waals surface area contributed by atoms with Gasteiger partial charge in [0.2, 0.25) is 0 Å². The van der Waals surface area contributed by atoms with E-state index >= 15 is 0 Å². The molecular formula is C14H14ClN3O3. The van der Waals surface area contributed by atoms with Crippen molar-refractivity contribution < 1.29 is 14.3 Å². The summed E-state index contributed by atoms with van der Waals surface area (Å²) < 4.78 is 10.4. The average Bonchev–Trinajstić information content (AvgIpc) is 2.43. The molecule has 0 amide bonds. The minimum atomic E-state index is -0.469. The average molecular weight is 308 g/mol. The van der Waals surface area contributed by atoms with Crippen LogP contribution in [-0.4, -0.2) is 22.5 Å². The molecule has 0 aliphatic heterocycles. The molecule has 1 heterocycles. The van der Waals surface area contributed by atoms with Crippen LogP contribution in [0.4, 0.5) is 5.69 Å². The summed E-state index contributed by atoms with van der Waals surface area (Å²) in [4.78, 5) is 19.7. The summed E-state index contributed by atoms with van der Waals surface area (Å²) in [5.41, 5.74) is 6.94. The molecule has 1 aromatic heterocycles. The van der Waals surface area contributed by atoms with Gasteiger partial charge < -0.3 is 15.2 Å². The molecule has 0 saturated carbocycles. The van der Waals surface area contributed by atoms with Crippen molar-refractivity contribution in [2.45, 2.75) is 13.8 Å². The number of benzene rings is 1. The van der Waals surface area contributed by atoms with Crippen LogP contribution in [0.15, 0.2) is 24.4 Å². The van der Waals surface area contributed by atoms with Gasteiger partial charge in [0.05, 0.1) is 23.6 Å². The lowest BCUT2D eigenvalue weighted by Crippen LogP contribution is -2.09. The Labute approximate surface area is 126 Å². The third-order valence-electron chi connectivity index (χ3n) is 2.63. The van der Waals surface area contributed by atoms with Crippen LogP contribution in [0.25, 0.3) is 0 Å². The molecule has 2 aromatic rings. The Morgan fingerprint density at radius 3 is 2.86 bits per heavy atom. The maximum atomic E-state index is 11.7. The van der Waals surface area contributed by atoms with Crippen molar-refractivity contribution in [3.05, 3.63) is 40.7 Å². The number of rotatable bonds is 4. The topological polar surface area (TPSA) is 87.3 Å². The number of ether oxygens (including phenoxy) is 2. The van der Waals surface area contributed by atoms with Crippen molar-refractivity contribution in [1.82, 2.24) is 9.97 Å². The van der Waals surface area contributed by atoms with E-state index in [0.717, 1.165) is 0 Å². The van der Waals surface area contributed by atoms with Gasteiger partial charge >= 0.3 is 12.0 Å². The molecule has 0 spiro atoms. The van der Waals surface area contributed by atoms with Crippen molar-refractivity contribution in [3.63, 3.8) is 0 Å². The Bertz CT molecular complexity index is 677. The van der Waals surface area contributed by atoms with Crippen molar-refractivity contribution in [2.24, 2.45) is 0 Å². The Balaban J connectivity index is 2.24. The molecule has 0 unspecified atom stereocenters. The van der Waals surface area contributed by atoms with Gasteiger partial charge in [-0.25, -0.2) is 9.78 Å². The lowest BCUT2D eigenvalue weighted by molar-refractivity contribution is 0.0524. The minimum Gasteiger partial charge on any atom is -0.462 e. The highest BCUT2D eigenvalue weighted by molar-refractivity contribution is 6.30. The zero-order chi connectivity index (χ0) is 15.4. The fourth-order valence-electron chi connectivity index (χ4n) is 1.60. The van der Waals surface area contributed by atoms with E-state index in [1.165, 1.54) is 6.20 Å². The van der Waals surface area contributed by atoms with Crippen LogP contribution >= 0.6 is 11.6 Å². The number of carbonyl (C=O) groups is 1. The molecule has 1 aromatic carbocycles. The van der Waals surface area contributed by atoms with E-state index in [0.29, 0.717) is 27.7 Å². The third kappa shape index (κ3) is 3.61. The van der Waals surface area contributed by atoms with Gasteiger partial charge in [0.15, 0.2) is 5.75 Å². The number of esters is 1. The standard InChI is InChI=1S/C14H14ClN3O3/c1-3-20-13(19)10-7-17-14(18-8(10)2)21-12-6-9(15)4-5-11(12)16/h4-7H,3,16H2,1-2H3. The van der Waals surface area contributed by atoms with E-state index in [4.69, 9.17) is 26.8 Å². The van der Waals surface area contributed by atoms with E-state index in [2.05, 4.69) is 9.97 Å². The first-order valence-electron chi connectivity index (χ1n) is 6.25. The fraction of sp³-hybridized carbons (Fsp3) is 0.214. The molecule has 0 aliphatic carbocycles. The molecule has 0 bridgehead atoms. The van der Waals surface area contributed by atoms with E-state index in [1.54, 1.807) is 32.0 Å². The van der Waals surface area contributed by atoms with Crippen LogP contribution in [0.3, 0.4) is 0 Å². The lowest BCUT2D eigenvalue weighted by atomic mass is 10.2. The molecule has 2 N–H and O–H groups in total. The second kappa shape index (κ2) is 6.41. The second-order valence-corrected chi connectivity index (χ2v) is 4.59. The number of aryl methyl sites for hydroxylation is 1. The number of aromatic nitrogens is 2. The third-order valence-corrected chi connectivity index (χ3v) is 2.86. The van der Waals surface area contributed by atoms with Crippen molar-refractivity contribution >= 4 is 23.3 Å². The maximum absolute atomic E-state index is 11.7. The largest absolute Gasteiger partial charge is 0.462 e. The van der Waals surface area contributed by atoms with Crippen molar-refractivity contribution in [3.8, 4) is 11.8 Å². The number of anilines is 1. The Morgan fingerprint density at radius 1 is 1.43 bits per heavy atom. The highest BCUT2D eigenvalue weighted by Crippen LogP contribution is 2.28. The van der Waals surface area contributed by atoms with E-state index < -0.39 is 5.97 Å². The van der Waals surface area contributed by atoms with Gasteiger partial charge in [0.25, 0.3) is 0 Å². The molecule has 2 rings (SSSR count). The highest BCUT2D eigenvalue weighted by Gasteiger charge is 2.14. The fourth-order valence-corrected chi connectivity index (χ4v) is 1.76. The van der Waals surface area contributed by atoms with Crippen LogP contribution in [-0.2, 0) is 4.74 Å². The number of hydrogen-bond acceptors (Lipinski definition) is 6. The number of hydrogen-bond donors (Lipinski definition) is 1. The van der Waals surface area contributed by atoms with Crippen molar-refractivity contribution in [2.75, 3.05) is 12.3 Å². The van der Waals surface area contributed by atoms with Crippen molar-refractivity contribution in [1.29, 1.82) is 0 Å². The summed E-state index contributed by atoms with van der Waals surface area (Å²) in [5.74, 6) is -0.116. The smallest absolute Gasteiger partial charge is 0.341 e. The Morgan fingerprint density at radius 2 is 2.19 bits per heavy atom. The number of nitrogens with two attached hydrogens (primary N) is 1. The van der Waals surface area contributed by atoms with Crippen LogP contribution in [0.1, 0.15) is 23.0 Å². The monoisotopic (exact) mass is 307 g/mol. The zero-order valence-electron chi connectivity index (χ0n) is 11.6. The van der Waals surface area contributed by atoms with Crippen LogP contribution in [0.5, 0.6) is 11.8 Å². The molecule has 0 saturated heterocycles. The van der Waals surface area contributed by atoms with Gasteiger partial charge in [-0.05, 0) is 26.0 Å². The Kier molecular flexibility index (Phi) is 4.59. The maximum Gasteiger partial charge on any atom is 0.341 e. The van der Waals surface area contributed by atoms with Gasteiger partial charge in [-0.2, -0.15) is 4.98 Å². The van der Waals surface area contributed by atoms with Gasteiger partial charge in [-0.1, -0.05) is 11.6 Å².